The number of hydrogen-bond donors (Lipinski definition) is 6. The van der Waals surface area contributed by atoms with Crippen molar-refractivity contribution in [2.24, 2.45) is 0 Å². The quantitative estimate of drug-likeness (QED) is 0.0925. The Bertz CT molecular complexity index is 1850. The molecule has 0 spiro atoms. The molecule has 5 rings (SSSR count). The van der Waals surface area contributed by atoms with E-state index in [0.717, 1.165) is 30.4 Å². The summed E-state index contributed by atoms with van der Waals surface area (Å²) in [4.78, 5) is 39.0. The molecule has 0 aliphatic heterocycles. The Morgan fingerprint density at radius 2 is 1.84 bits per heavy atom. The predicted molar refractivity (Wildman–Crippen MR) is 187 cm³/mol. The van der Waals surface area contributed by atoms with E-state index in [0.29, 0.717) is 61.0 Å². The molecule has 49 heavy (non-hydrogen) atoms. The van der Waals surface area contributed by atoms with Crippen LogP contribution in [0.25, 0.3) is 10.9 Å². The molecule has 6 N–H and O–H groups in total. The smallest absolute Gasteiger partial charge is 0.314 e. The lowest BCUT2D eigenvalue weighted by atomic mass is 9.69. The normalized spacial score (nSPS) is 14.7. The third-order valence-electron chi connectivity index (χ3n) is 9.17. The van der Waals surface area contributed by atoms with Crippen LogP contribution in [0, 0.1) is 0 Å². The van der Waals surface area contributed by atoms with Crippen LogP contribution in [-0.2, 0) is 28.0 Å². The Labute approximate surface area is 289 Å². The summed E-state index contributed by atoms with van der Waals surface area (Å²) >= 11 is 6.49. The first-order chi connectivity index (χ1) is 23.6. The number of phenolic OH excluding ortho intramolecular Hbond substituents is 1. The van der Waals surface area contributed by atoms with Crippen LogP contribution >= 0.6 is 11.6 Å². The number of aliphatic carboxylic acids is 1. The number of aliphatic hydroxyl groups excluding tert-OH is 1. The third-order valence-corrected chi connectivity index (χ3v) is 9.47. The zero-order valence-electron chi connectivity index (χ0n) is 27.4. The Kier molecular flexibility index (Phi) is 11.8. The van der Waals surface area contributed by atoms with Gasteiger partial charge in [-0.1, -0.05) is 61.2 Å². The molecule has 0 unspecified atom stereocenters. The molecule has 3 aromatic carbocycles. The van der Waals surface area contributed by atoms with Crippen LogP contribution in [0.5, 0.6) is 17.2 Å². The topological polar surface area (TPSA) is 170 Å². The number of aliphatic hydroxyl groups is 1. The van der Waals surface area contributed by atoms with E-state index in [2.05, 4.69) is 15.6 Å². The zero-order valence-corrected chi connectivity index (χ0v) is 28.1. The highest BCUT2D eigenvalue weighted by molar-refractivity contribution is 6.32. The minimum atomic E-state index is -0.938. The van der Waals surface area contributed by atoms with Gasteiger partial charge in [0.2, 0.25) is 5.56 Å². The number of carboxylic acids is 1. The van der Waals surface area contributed by atoms with E-state index in [-0.39, 0.29) is 46.7 Å². The summed E-state index contributed by atoms with van der Waals surface area (Å²) in [6, 6.07) is 17.0. The maximum absolute atomic E-state index is 12.5. The van der Waals surface area contributed by atoms with Crippen molar-refractivity contribution in [2.45, 2.75) is 63.0 Å². The molecule has 0 bridgehead atoms. The van der Waals surface area contributed by atoms with Gasteiger partial charge in [0.1, 0.15) is 17.2 Å². The van der Waals surface area contributed by atoms with Crippen LogP contribution in [0.15, 0.2) is 65.5 Å². The van der Waals surface area contributed by atoms with E-state index in [9.17, 15) is 29.7 Å². The number of methoxy groups -OCH3 is 1. The highest BCUT2D eigenvalue weighted by Gasteiger charge is 2.41. The van der Waals surface area contributed by atoms with E-state index < -0.39 is 17.5 Å². The number of rotatable bonds is 15. The van der Waals surface area contributed by atoms with Crippen LogP contribution in [-0.4, -0.2) is 59.0 Å². The number of benzene rings is 3. The minimum Gasteiger partial charge on any atom is -0.506 e. The molecular formula is C37H42ClN3O8. The Morgan fingerprint density at radius 3 is 2.59 bits per heavy atom. The van der Waals surface area contributed by atoms with Crippen molar-refractivity contribution < 1.29 is 34.4 Å². The van der Waals surface area contributed by atoms with Crippen LogP contribution in [0.1, 0.15) is 66.9 Å². The summed E-state index contributed by atoms with van der Waals surface area (Å²) in [6.07, 6.45) is 4.67. The van der Waals surface area contributed by atoms with E-state index >= 15 is 0 Å². The van der Waals surface area contributed by atoms with Crippen LogP contribution < -0.4 is 25.7 Å². The van der Waals surface area contributed by atoms with Crippen molar-refractivity contribution in [1.82, 2.24) is 15.6 Å². The molecule has 1 aliphatic rings. The first-order valence-corrected chi connectivity index (χ1v) is 16.8. The second-order valence-electron chi connectivity index (χ2n) is 12.4. The van der Waals surface area contributed by atoms with Gasteiger partial charge in [0.15, 0.2) is 6.61 Å². The highest BCUT2D eigenvalue weighted by Crippen LogP contribution is 2.40. The van der Waals surface area contributed by atoms with Crippen molar-refractivity contribution >= 4 is 34.4 Å². The number of ether oxygens (including phenoxy) is 2. The number of aromatic amines is 1. The van der Waals surface area contributed by atoms with Gasteiger partial charge < -0.3 is 40.4 Å². The van der Waals surface area contributed by atoms with E-state index in [1.165, 1.54) is 19.2 Å². The van der Waals surface area contributed by atoms with Crippen molar-refractivity contribution in [3.63, 3.8) is 0 Å². The summed E-state index contributed by atoms with van der Waals surface area (Å²) in [5.74, 6) is -0.373. The Hall–Kier alpha value is -4.58. The molecule has 1 fully saturated rings. The fourth-order valence-corrected chi connectivity index (χ4v) is 6.78. The molecule has 12 heteroatoms. The molecule has 1 aromatic heterocycles. The van der Waals surface area contributed by atoms with Gasteiger partial charge in [0.05, 0.1) is 29.2 Å². The first kappa shape index (κ1) is 35.7. The average Bonchev–Trinajstić information content (AvgIpc) is 3.10. The number of hydrogen-bond acceptors (Lipinski definition) is 8. The second-order valence-corrected chi connectivity index (χ2v) is 12.8. The molecule has 1 aliphatic carbocycles. The van der Waals surface area contributed by atoms with Gasteiger partial charge in [0.25, 0.3) is 5.91 Å². The summed E-state index contributed by atoms with van der Waals surface area (Å²) in [7, 11) is 1.51. The fourth-order valence-electron chi connectivity index (χ4n) is 6.54. The number of carboxylic acid groups (broad SMARTS) is 1. The molecule has 1 saturated carbocycles. The second kappa shape index (κ2) is 16.2. The molecule has 0 saturated heterocycles. The van der Waals surface area contributed by atoms with Gasteiger partial charge >= 0.3 is 5.97 Å². The number of pyridine rings is 1. The molecule has 260 valence electrons. The van der Waals surface area contributed by atoms with Crippen molar-refractivity contribution in [3.05, 3.63) is 98.3 Å². The number of aromatic hydroxyl groups is 1. The van der Waals surface area contributed by atoms with Crippen molar-refractivity contribution in [2.75, 3.05) is 26.8 Å². The molecule has 1 amide bonds. The number of amides is 1. The van der Waals surface area contributed by atoms with Gasteiger partial charge in [0, 0.05) is 42.7 Å². The number of halogens is 1. The fraction of sp³-hybridized carbons (Fsp3) is 0.378. The third kappa shape index (κ3) is 8.54. The summed E-state index contributed by atoms with van der Waals surface area (Å²) < 4.78 is 11.2. The summed E-state index contributed by atoms with van der Waals surface area (Å²) in [5.41, 5.74) is 2.25. The van der Waals surface area contributed by atoms with Gasteiger partial charge in [-0.15, -0.1) is 0 Å². The number of fused-ring (bicyclic) bond motifs is 1. The number of aromatic nitrogens is 1. The average molecular weight is 692 g/mol. The number of carbonyl (C=O) groups is 2. The van der Waals surface area contributed by atoms with Crippen molar-refractivity contribution in [3.8, 4) is 17.2 Å². The van der Waals surface area contributed by atoms with Crippen LogP contribution in [0.4, 0.5) is 0 Å². The molecule has 0 radical (unpaired) electrons. The SMILES string of the molecule is COc1cc(OCC(=O)NCCCc2cccc(C3(C(=O)O)CCCCC3)c2)c(Cl)cc1CNC[C@H](O)c1ccc(O)c2[nH]c(=O)ccc12. The first-order valence-electron chi connectivity index (χ1n) is 16.4. The minimum absolute atomic E-state index is 0.0832. The van der Waals surface area contributed by atoms with E-state index in [1.54, 1.807) is 24.3 Å². The Morgan fingerprint density at radius 1 is 1.04 bits per heavy atom. The van der Waals surface area contributed by atoms with Crippen LogP contribution in [0.3, 0.4) is 0 Å². The maximum atomic E-state index is 12.5. The molecule has 1 heterocycles. The van der Waals surface area contributed by atoms with Gasteiger partial charge in [-0.3, -0.25) is 14.4 Å². The number of nitrogens with one attached hydrogen (secondary N) is 3. The monoisotopic (exact) mass is 691 g/mol. The van der Waals surface area contributed by atoms with Crippen molar-refractivity contribution in [1.29, 1.82) is 0 Å². The van der Waals surface area contributed by atoms with E-state index in [1.807, 2.05) is 24.3 Å². The lowest BCUT2D eigenvalue weighted by Gasteiger charge is -2.34. The largest absolute Gasteiger partial charge is 0.506 e. The number of phenols is 1. The Balaban J connectivity index is 1.09. The molecule has 11 nitrogen and oxygen atoms in total. The standard InChI is InChI=1S/C37H42ClN3O8/c1-48-31-19-32(28(38)18-24(31)20-39-21-30(43)26-10-12-29(42)35-27(26)11-13-33(44)41-35)49-22-34(45)40-16-6-8-23-7-5-9-25(17-23)37(36(46)47)14-3-2-4-15-37/h5,7,9-13,17-19,30,39,42-43H,2-4,6,8,14-16,20-22H2,1H3,(H,40,45)(H,41,44)(H,46,47)/t30-/m0/s1. The molecule has 4 aromatic rings. The lowest BCUT2D eigenvalue weighted by Crippen LogP contribution is -2.37. The summed E-state index contributed by atoms with van der Waals surface area (Å²) in [6.45, 7) is 0.650. The maximum Gasteiger partial charge on any atom is 0.314 e. The number of carbonyl (C=O) groups excluding carboxylic acids is 1. The van der Waals surface area contributed by atoms with Gasteiger partial charge in [-0.25, -0.2) is 0 Å². The van der Waals surface area contributed by atoms with E-state index in [4.69, 9.17) is 21.1 Å². The molecular weight excluding hydrogens is 650 g/mol. The highest BCUT2D eigenvalue weighted by atomic mass is 35.5. The predicted octanol–water partition coefficient (Wildman–Crippen LogP) is 5.13. The van der Waals surface area contributed by atoms with Crippen LogP contribution in [0.2, 0.25) is 5.02 Å². The van der Waals surface area contributed by atoms with Gasteiger partial charge in [-0.2, -0.15) is 0 Å². The summed E-state index contributed by atoms with van der Waals surface area (Å²) in [5, 5.41) is 37.9. The number of aryl methyl sites for hydroxylation is 1. The zero-order chi connectivity index (χ0) is 35.0. The molecule has 1 atom stereocenters. The van der Waals surface area contributed by atoms with Gasteiger partial charge in [-0.05, 0) is 60.6 Å². The lowest BCUT2D eigenvalue weighted by molar-refractivity contribution is -0.145. The number of H-pyrrole nitrogens is 1.